The summed E-state index contributed by atoms with van der Waals surface area (Å²) in [5.41, 5.74) is 2.21. The molecule has 1 heterocycles. The zero-order valence-corrected chi connectivity index (χ0v) is 14.7. The first-order chi connectivity index (χ1) is 11.7. The van der Waals surface area contributed by atoms with Crippen LogP contribution in [0.25, 0.3) is 0 Å². The van der Waals surface area contributed by atoms with E-state index < -0.39 is 0 Å². The Morgan fingerprint density at radius 3 is 2.67 bits per heavy atom. The quantitative estimate of drug-likeness (QED) is 0.577. The van der Waals surface area contributed by atoms with Crippen LogP contribution in [0.1, 0.15) is 12.0 Å². The van der Waals surface area contributed by atoms with Crippen molar-refractivity contribution >= 4 is 35.2 Å². The summed E-state index contributed by atoms with van der Waals surface area (Å²) in [6, 6.07) is 15.8. The number of benzene rings is 2. The lowest BCUT2D eigenvalue weighted by molar-refractivity contribution is -0.139. The topological polar surface area (TPSA) is 50.4 Å². The van der Waals surface area contributed by atoms with Gasteiger partial charge in [-0.1, -0.05) is 29.8 Å². The number of hydrogen-bond acceptors (Lipinski definition) is 5. The van der Waals surface area contributed by atoms with E-state index in [9.17, 15) is 4.79 Å². The molecule has 0 aromatic heterocycles. The van der Waals surface area contributed by atoms with Crippen molar-refractivity contribution in [2.75, 3.05) is 18.5 Å². The molecule has 2 aromatic carbocycles. The lowest BCUT2D eigenvalue weighted by Gasteiger charge is -2.10. The number of cyclic esters (lactones) is 1. The van der Waals surface area contributed by atoms with E-state index in [2.05, 4.69) is 10.0 Å². The van der Waals surface area contributed by atoms with Crippen molar-refractivity contribution in [1.29, 1.82) is 0 Å². The summed E-state index contributed by atoms with van der Waals surface area (Å²) in [5, 5.41) is 4.20. The maximum absolute atomic E-state index is 11.4. The number of rotatable bonds is 7. The molecule has 0 radical (unpaired) electrons. The molecular formula is C18H19ClN2O2S. The first-order valence-corrected chi connectivity index (χ1v) is 9.08. The smallest absolute Gasteiger partial charge is 0.324 e. The molecular weight excluding hydrogens is 344 g/mol. The highest BCUT2D eigenvalue weighted by Crippen LogP contribution is 2.21. The molecule has 1 aliphatic heterocycles. The lowest BCUT2D eigenvalue weighted by atomic mass is 10.1. The van der Waals surface area contributed by atoms with Crippen LogP contribution in [0.15, 0.2) is 53.4 Å². The second-order valence-corrected chi connectivity index (χ2v) is 6.84. The Balaban J connectivity index is 1.44. The van der Waals surface area contributed by atoms with Gasteiger partial charge in [0.05, 0.1) is 6.61 Å². The number of nitrogens with one attached hydrogen (secondary N) is 2. The highest BCUT2D eigenvalue weighted by atomic mass is 35.5. The molecule has 24 heavy (non-hydrogen) atoms. The van der Waals surface area contributed by atoms with E-state index >= 15 is 0 Å². The van der Waals surface area contributed by atoms with Gasteiger partial charge in [-0.3, -0.25) is 4.79 Å². The number of halogens is 1. The first kappa shape index (κ1) is 17.1. The predicted octanol–water partition coefficient (Wildman–Crippen LogP) is 3.91. The van der Waals surface area contributed by atoms with E-state index in [1.165, 1.54) is 11.9 Å². The minimum absolute atomic E-state index is 0.166. The largest absolute Gasteiger partial charge is 0.464 e. The third-order valence-corrected chi connectivity index (χ3v) is 5.07. The number of esters is 1. The SMILES string of the molecule is O=C1OCCC1NSc1ccc(NCCc2ccccc2Cl)cc1. The van der Waals surface area contributed by atoms with Crippen LogP contribution in [0, 0.1) is 0 Å². The Kier molecular flexibility index (Phi) is 6.01. The zero-order chi connectivity index (χ0) is 16.8. The maximum atomic E-state index is 11.4. The molecule has 0 spiro atoms. The fraction of sp³-hybridized carbons (Fsp3) is 0.278. The third kappa shape index (κ3) is 4.66. The molecule has 2 aromatic rings. The van der Waals surface area contributed by atoms with Crippen LogP contribution in [0.2, 0.25) is 5.02 Å². The van der Waals surface area contributed by atoms with Crippen molar-refractivity contribution in [3.63, 3.8) is 0 Å². The van der Waals surface area contributed by atoms with E-state index in [1.807, 2.05) is 48.5 Å². The Morgan fingerprint density at radius 2 is 1.96 bits per heavy atom. The van der Waals surface area contributed by atoms with Crippen LogP contribution < -0.4 is 10.0 Å². The van der Waals surface area contributed by atoms with Gasteiger partial charge in [0.2, 0.25) is 0 Å². The lowest BCUT2D eigenvalue weighted by Crippen LogP contribution is -2.27. The summed E-state index contributed by atoms with van der Waals surface area (Å²) >= 11 is 7.61. The fourth-order valence-corrected chi connectivity index (χ4v) is 3.42. The van der Waals surface area contributed by atoms with E-state index in [0.717, 1.165) is 40.6 Å². The van der Waals surface area contributed by atoms with Crippen molar-refractivity contribution in [3.05, 3.63) is 59.1 Å². The number of hydrogen-bond donors (Lipinski definition) is 2. The van der Waals surface area contributed by atoms with Gasteiger partial charge in [0.25, 0.3) is 0 Å². The van der Waals surface area contributed by atoms with Crippen molar-refractivity contribution < 1.29 is 9.53 Å². The minimum Gasteiger partial charge on any atom is -0.464 e. The molecule has 0 bridgehead atoms. The van der Waals surface area contributed by atoms with Crippen molar-refractivity contribution in [1.82, 2.24) is 4.72 Å². The molecule has 126 valence electrons. The number of anilines is 1. The van der Waals surface area contributed by atoms with Crippen LogP contribution >= 0.6 is 23.5 Å². The molecule has 0 aliphatic carbocycles. The van der Waals surface area contributed by atoms with Crippen LogP contribution in [-0.2, 0) is 16.0 Å². The molecule has 6 heteroatoms. The van der Waals surface area contributed by atoms with E-state index in [-0.39, 0.29) is 12.0 Å². The summed E-state index contributed by atoms with van der Waals surface area (Å²) < 4.78 is 8.07. The van der Waals surface area contributed by atoms with Gasteiger partial charge in [0.1, 0.15) is 6.04 Å². The van der Waals surface area contributed by atoms with Gasteiger partial charge >= 0.3 is 5.97 Å². The molecule has 0 saturated carbocycles. The molecule has 1 saturated heterocycles. The third-order valence-electron chi connectivity index (χ3n) is 3.79. The molecule has 4 nitrogen and oxygen atoms in total. The van der Waals surface area contributed by atoms with E-state index in [0.29, 0.717) is 6.61 Å². The van der Waals surface area contributed by atoms with Gasteiger partial charge < -0.3 is 10.1 Å². The van der Waals surface area contributed by atoms with Gasteiger partial charge in [-0.15, -0.1) is 0 Å². The molecule has 1 fully saturated rings. The minimum atomic E-state index is -0.205. The summed E-state index contributed by atoms with van der Waals surface area (Å²) in [5.74, 6) is -0.166. The summed E-state index contributed by atoms with van der Waals surface area (Å²) in [7, 11) is 0. The zero-order valence-electron chi connectivity index (χ0n) is 13.1. The molecule has 3 rings (SSSR count). The summed E-state index contributed by atoms with van der Waals surface area (Å²) in [6.45, 7) is 1.33. The van der Waals surface area contributed by atoms with E-state index in [1.54, 1.807) is 0 Å². The van der Waals surface area contributed by atoms with Crippen molar-refractivity contribution in [2.24, 2.45) is 0 Å². The highest BCUT2D eigenvalue weighted by molar-refractivity contribution is 7.97. The van der Waals surface area contributed by atoms with Crippen molar-refractivity contribution in [3.8, 4) is 0 Å². The maximum Gasteiger partial charge on any atom is 0.324 e. The highest BCUT2D eigenvalue weighted by Gasteiger charge is 2.25. The van der Waals surface area contributed by atoms with Gasteiger partial charge in [-0.2, -0.15) is 0 Å². The van der Waals surface area contributed by atoms with Crippen LogP contribution in [0.3, 0.4) is 0 Å². The Bertz CT molecular complexity index is 694. The van der Waals surface area contributed by atoms with Gasteiger partial charge in [-0.25, -0.2) is 4.72 Å². The number of carbonyl (C=O) groups is 1. The van der Waals surface area contributed by atoms with Crippen molar-refractivity contribution in [2.45, 2.75) is 23.8 Å². The Morgan fingerprint density at radius 1 is 1.17 bits per heavy atom. The van der Waals surface area contributed by atoms with Gasteiger partial charge in [-0.05, 0) is 54.3 Å². The second kappa shape index (κ2) is 8.42. The average molecular weight is 363 g/mol. The summed E-state index contributed by atoms with van der Waals surface area (Å²) in [4.78, 5) is 12.5. The molecule has 2 N–H and O–H groups in total. The molecule has 0 amide bonds. The van der Waals surface area contributed by atoms with Crippen LogP contribution in [0.4, 0.5) is 5.69 Å². The number of carbonyl (C=O) groups excluding carboxylic acids is 1. The summed E-state index contributed by atoms with van der Waals surface area (Å²) in [6.07, 6.45) is 1.61. The molecule has 1 atom stereocenters. The Labute approximate surface area is 151 Å². The average Bonchev–Trinajstić information content (AvgIpc) is 3.01. The normalized spacial score (nSPS) is 16.9. The van der Waals surface area contributed by atoms with Gasteiger partial charge in [0, 0.05) is 28.6 Å². The van der Waals surface area contributed by atoms with Crippen LogP contribution in [0.5, 0.6) is 0 Å². The van der Waals surface area contributed by atoms with Gasteiger partial charge in [0.15, 0.2) is 0 Å². The standard InChI is InChI=1S/C18H19ClN2O2S/c19-16-4-2-1-3-13(16)9-11-20-14-5-7-15(8-6-14)24-21-17-10-12-23-18(17)22/h1-8,17,20-21H,9-12H2. The predicted molar refractivity (Wildman–Crippen MR) is 98.4 cm³/mol. The molecule has 1 unspecified atom stereocenters. The van der Waals surface area contributed by atoms with Crippen LogP contribution in [-0.4, -0.2) is 25.2 Å². The fourth-order valence-electron chi connectivity index (χ4n) is 2.43. The first-order valence-electron chi connectivity index (χ1n) is 7.89. The number of ether oxygens (including phenoxy) is 1. The second-order valence-electron chi connectivity index (χ2n) is 5.52. The monoisotopic (exact) mass is 362 g/mol. The van der Waals surface area contributed by atoms with E-state index in [4.69, 9.17) is 16.3 Å². The molecule has 1 aliphatic rings. The Hall–Kier alpha value is -1.69.